The summed E-state index contributed by atoms with van der Waals surface area (Å²) in [4.78, 5) is 43.0. The molecule has 0 unspecified atom stereocenters. The van der Waals surface area contributed by atoms with Crippen LogP contribution in [0.25, 0.3) is 11.8 Å². The van der Waals surface area contributed by atoms with E-state index in [1.54, 1.807) is 24.3 Å². The van der Waals surface area contributed by atoms with Crippen molar-refractivity contribution in [3.8, 4) is 11.4 Å². The van der Waals surface area contributed by atoms with Crippen molar-refractivity contribution in [3.05, 3.63) is 111 Å². The van der Waals surface area contributed by atoms with E-state index in [1.807, 2.05) is 54.8 Å². The summed E-state index contributed by atoms with van der Waals surface area (Å²) in [6.07, 6.45) is 4.41. The molecule has 0 aliphatic carbocycles. The lowest BCUT2D eigenvalue weighted by molar-refractivity contribution is -0.122. The molecular weight excluding hydrogens is 539 g/mol. The van der Waals surface area contributed by atoms with Crippen molar-refractivity contribution < 1.29 is 19.1 Å². The molecule has 1 aliphatic rings. The second-order valence-electron chi connectivity index (χ2n) is 8.85. The fourth-order valence-electron chi connectivity index (χ4n) is 4.36. The number of ether oxygens (including phenoxy) is 1. The summed E-state index contributed by atoms with van der Waals surface area (Å²) in [5.41, 5.74) is 4.19. The zero-order valence-corrected chi connectivity index (χ0v) is 22.5. The van der Waals surface area contributed by atoms with Gasteiger partial charge in [-0.2, -0.15) is 0 Å². The third-order valence-electron chi connectivity index (χ3n) is 6.28. The van der Waals surface area contributed by atoms with Gasteiger partial charge in [0.25, 0.3) is 11.8 Å². The number of hydrogen-bond donors (Lipinski definition) is 1. The van der Waals surface area contributed by atoms with Crippen LogP contribution in [0.3, 0.4) is 0 Å². The van der Waals surface area contributed by atoms with Crippen molar-refractivity contribution in [2.45, 2.75) is 20.5 Å². The average Bonchev–Trinajstić information content (AvgIpc) is 3.19. The van der Waals surface area contributed by atoms with Crippen LogP contribution in [0.4, 0.5) is 10.5 Å². The lowest BCUT2D eigenvalue weighted by Crippen LogP contribution is -2.54. The molecule has 196 valence electrons. The fraction of sp³-hybridized carbons (Fsp3) is 0.103. The number of benzene rings is 2. The van der Waals surface area contributed by atoms with Gasteiger partial charge >= 0.3 is 6.03 Å². The first kappa shape index (κ1) is 26.2. The Morgan fingerprint density at radius 1 is 0.974 bits per heavy atom. The van der Waals surface area contributed by atoms with Gasteiger partial charge in [-0.25, -0.2) is 9.69 Å². The van der Waals surface area contributed by atoms with Crippen LogP contribution < -0.4 is 15.0 Å². The van der Waals surface area contributed by atoms with Crippen molar-refractivity contribution in [2.75, 3.05) is 4.90 Å². The van der Waals surface area contributed by atoms with Crippen LogP contribution in [-0.2, 0) is 16.2 Å². The molecule has 2 aromatic heterocycles. The SMILES string of the molecule is Cc1cc(/C=C2\C(=O)NC(=O)N(c3cccnc3)C2=O)c(C)n1-c1ccc(OCc2ccc(Cl)cc2Cl)cc1. The Morgan fingerprint density at radius 2 is 1.74 bits per heavy atom. The van der Waals surface area contributed by atoms with Crippen LogP contribution in [-0.4, -0.2) is 27.4 Å². The van der Waals surface area contributed by atoms with E-state index in [0.29, 0.717) is 28.0 Å². The van der Waals surface area contributed by atoms with Gasteiger partial charge in [-0.15, -0.1) is 0 Å². The van der Waals surface area contributed by atoms with Gasteiger partial charge in [0, 0.05) is 38.9 Å². The molecule has 39 heavy (non-hydrogen) atoms. The van der Waals surface area contributed by atoms with Crippen molar-refractivity contribution in [1.82, 2.24) is 14.9 Å². The van der Waals surface area contributed by atoms with Gasteiger partial charge in [0.15, 0.2) is 0 Å². The summed E-state index contributed by atoms with van der Waals surface area (Å²) in [6.45, 7) is 4.11. The van der Waals surface area contributed by atoms with E-state index >= 15 is 0 Å². The van der Waals surface area contributed by atoms with E-state index in [-0.39, 0.29) is 11.3 Å². The van der Waals surface area contributed by atoms with Crippen molar-refractivity contribution in [1.29, 1.82) is 0 Å². The molecule has 0 saturated carbocycles. The number of rotatable bonds is 6. The minimum absolute atomic E-state index is 0.150. The first-order chi connectivity index (χ1) is 18.7. The molecule has 0 atom stereocenters. The molecule has 10 heteroatoms. The zero-order chi connectivity index (χ0) is 27.7. The number of hydrogen-bond acceptors (Lipinski definition) is 5. The number of barbiturate groups is 1. The number of anilines is 1. The second-order valence-corrected chi connectivity index (χ2v) is 9.69. The van der Waals surface area contributed by atoms with Crippen molar-refractivity contribution in [3.63, 3.8) is 0 Å². The summed E-state index contributed by atoms with van der Waals surface area (Å²) in [5.74, 6) is -0.805. The smallest absolute Gasteiger partial charge is 0.336 e. The molecule has 4 aromatic rings. The van der Waals surface area contributed by atoms with Crippen molar-refractivity contribution >= 4 is 52.8 Å². The number of nitrogens with one attached hydrogen (secondary N) is 1. The topological polar surface area (TPSA) is 93.5 Å². The highest BCUT2D eigenvalue weighted by molar-refractivity contribution is 6.39. The molecule has 3 heterocycles. The van der Waals surface area contributed by atoms with Gasteiger partial charge in [0.2, 0.25) is 0 Å². The molecule has 8 nitrogen and oxygen atoms in total. The lowest BCUT2D eigenvalue weighted by Gasteiger charge is -2.26. The summed E-state index contributed by atoms with van der Waals surface area (Å²) in [7, 11) is 0. The maximum Gasteiger partial charge on any atom is 0.336 e. The van der Waals surface area contributed by atoms with E-state index in [1.165, 1.54) is 18.5 Å². The molecule has 5 rings (SSSR count). The maximum atomic E-state index is 13.2. The number of carbonyl (C=O) groups excluding carboxylic acids is 3. The highest BCUT2D eigenvalue weighted by Gasteiger charge is 2.37. The summed E-state index contributed by atoms with van der Waals surface area (Å²) >= 11 is 12.2. The number of aromatic nitrogens is 2. The molecule has 1 fully saturated rings. The van der Waals surface area contributed by atoms with Crippen LogP contribution in [0.1, 0.15) is 22.5 Å². The van der Waals surface area contributed by atoms with Crippen LogP contribution in [0.15, 0.2) is 78.6 Å². The molecule has 2 aromatic carbocycles. The molecule has 0 bridgehead atoms. The first-order valence-corrected chi connectivity index (χ1v) is 12.7. The molecule has 0 radical (unpaired) electrons. The van der Waals surface area contributed by atoms with Gasteiger partial charge in [-0.3, -0.25) is 19.9 Å². The van der Waals surface area contributed by atoms with Crippen LogP contribution in [0.2, 0.25) is 10.0 Å². The summed E-state index contributed by atoms with van der Waals surface area (Å²) in [6, 6.07) is 17.0. The molecule has 1 N–H and O–H groups in total. The second kappa shape index (κ2) is 10.8. The normalized spacial score (nSPS) is 14.6. The molecular formula is C29H22Cl2N4O4. The highest BCUT2D eigenvalue weighted by atomic mass is 35.5. The van der Waals surface area contributed by atoms with Crippen LogP contribution in [0, 0.1) is 13.8 Å². The number of carbonyl (C=O) groups is 3. The monoisotopic (exact) mass is 560 g/mol. The first-order valence-electron chi connectivity index (χ1n) is 11.9. The number of nitrogens with zero attached hydrogens (tertiary/aromatic N) is 3. The van der Waals surface area contributed by atoms with E-state index in [0.717, 1.165) is 27.5 Å². The predicted octanol–water partition coefficient (Wildman–Crippen LogP) is 6.04. The molecule has 1 aliphatic heterocycles. The minimum atomic E-state index is -0.818. The maximum absolute atomic E-state index is 13.2. The average molecular weight is 561 g/mol. The van der Waals surface area contributed by atoms with Gasteiger partial charge in [0.05, 0.1) is 11.9 Å². The summed E-state index contributed by atoms with van der Waals surface area (Å²) in [5, 5.41) is 3.34. The number of urea groups is 1. The Morgan fingerprint density at radius 3 is 2.44 bits per heavy atom. The number of imide groups is 2. The third-order valence-corrected chi connectivity index (χ3v) is 6.87. The predicted molar refractivity (Wildman–Crippen MR) is 149 cm³/mol. The van der Waals surface area contributed by atoms with Crippen LogP contribution in [0.5, 0.6) is 5.75 Å². The fourth-order valence-corrected chi connectivity index (χ4v) is 4.82. The van der Waals surface area contributed by atoms with E-state index in [4.69, 9.17) is 27.9 Å². The molecule has 1 saturated heterocycles. The zero-order valence-electron chi connectivity index (χ0n) is 20.9. The lowest BCUT2D eigenvalue weighted by atomic mass is 10.1. The third kappa shape index (κ3) is 5.30. The Bertz CT molecular complexity index is 1630. The van der Waals surface area contributed by atoms with Gasteiger partial charge < -0.3 is 9.30 Å². The Balaban J connectivity index is 1.39. The quantitative estimate of drug-likeness (QED) is 0.229. The number of halogens is 2. The van der Waals surface area contributed by atoms with E-state index < -0.39 is 17.8 Å². The standard InChI is InChI=1S/C29H22Cl2N4O4/c1-17-12-20(13-25-27(36)33-29(38)35(28(25)37)23-4-3-11-32-15-23)18(2)34(17)22-7-9-24(10-8-22)39-16-19-5-6-21(30)14-26(19)31/h3-15H,16H2,1-2H3,(H,33,36,38)/b25-13+. The Kier molecular flexibility index (Phi) is 7.24. The van der Waals surface area contributed by atoms with Gasteiger partial charge in [0.1, 0.15) is 17.9 Å². The summed E-state index contributed by atoms with van der Waals surface area (Å²) < 4.78 is 7.89. The number of aryl methyl sites for hydroxylation is 1. The molecule has 0 spiro atoms. The van der Waals surface area contributed by atoms with Crippen molar-refractivity contribution in [2.24, 2.45) is 0 Å². The van der Waals surface area contributed by atoms with Gasteiger partial charge in [-0.1, -0.05) is 29.3 Å². The van der Waals surface area contributed by atoms with Crippen LogP contribution >= 0.6 is 23.2 Å². The number of amides is 4. The van der Waals surface area contributed by atoms with E-state index in [2.05, 4.69) is 10.3 Å². The van der Waals surface area contributed by atoms with E-state index in [9.17, 15) is 14.4 Å². The minimum Gasteiger partial charge on any atom is -0.489 e. The van der Waals surface area contributed by atoms with Gasteiger partial charge in [-0.05, 0) is 80.1 Å². The molecule has 4 amide bonds. The highest BCUT2D eigenvalue weighted by Crippen LogP contribution is 2.27. The largest absolute Gasteiger partial charge is 0.489 e. The Labute approximate surface area is 234 Å². The number of pyridine rings is 1. The Hall–Kier alpha value is -4.40.